The molecule has 4 heterocycles. The molecule has 0 saturated carbocycles. The first-order valence-corrected chi connectivity index (χ1v) is 9.03. The lowest BCUT2D eigenvalue weighted by Gasteiger charge is -2.27. The third kappa shape index (κ3) is 3.26. The van der Waals surface area contributed by atoms with Crippen LogP contribution in [0.25, 0.3) is 17.2 Å². The number of nitrogens with zero attached hydrogens (tertiary/aromatic N) is 5. The van der Waals surface area contributed by atoms with E-state index in [9.17, 15) is 4.39 Å². The van der Waals surface area contributed by atoms with Gasteiger partial charge in [-0.05, 0) is 18.6 Å². The first kappa shape index (κ1) is 16.9. The molecule has 3 aromatic heterocycles. The Bertz CT molecular complexity index is 891. The van der Waals surface area contributed by atoms with Crippen LogP contribution in [0.15, 0.2) is 36.8 Å². The van der Waals surface area contributed by atoms with Gasteiger partial charge < -0.3 is 9.64 Å². The molecule has 1 atom stereocenters. The zero-order valence-corrected chi connectivity index (χ0v) is 14.8. The number of morpholine rings is 1. The van der Waals surface area contributed by atoms with Gasteiger partial charge in [0.05, 0.1) is 19.4 Å². The van der Waals surface area contributed by atoms with Gasteiger partial charge in [-0.25, -0.2) is 19.3 Å². The molecule has 1 saturated heterocycles. The summed E-state index contributed by atoms with van der Waals surface area (Å²) >= 11 is 0. The van der Waals surface area contributed by atoms with Crippen molar-refractivity contribution in [3.05, 3.63) is 42.4 Å². The lowest BCUT2D eigenvalue weighted by atomic mass is 10.1. The molecule has 0 aromatic carbocycles. The van der Waals surface area contributed by atoms with E-state index in [1.54, 1.807) is 18.5 Å². The van der Waals surface area contributed by atoms with E-state index in [2.05, 4.69) is 14.9 Å². The van der Waals surface area contributed by atoms with E-state index in [1.807, 2.05) is 29.7 Å². The zero-order chi connectivity index (χ0) is 17.9. The lowest BCUT2D eigenvalue weighted by Crippen LogP contribution is -2.36. The molecule has 7 heteroatoms. The zero-order valence-electron chi connectivity index (χ0n) is 14.8. The number of hydrogen-bond donors (Lipinski definition) is 0. The third-order valence-corrected chi connectivity index (χ3v) is 4.64. The highest BCUT2D eigenvalue weighted by Gasteiger charge is 2.16. The molecule has 0 aliphatic carbocycles. The molecule has 0 amide bonds. The Kier molecular flexibility index (Phi) is 4.79. The SMILES string of the molecule is CCCC(F)c1ccc2ncc(-c3nccc(N4CCOCC4)n3)n2c1. The molecular weight excluding hydrogens is 333 g/mol. The van der Waals surface area contributed by atoms with Gasteiger partial charge in [-0.2, -0.15) is 0 Å². The van der Waals surface area contributed by atoms with Gasteiger partial charge >= 0.3 is 0 Å². The minimum Gasteiger partial charge on any atom is -0.378 e. The van der Waals surface area contributed by atoms with Crippen LogP contribution in [0.4, 0.5) is 10.2 Å². The second kappa shape index (κ2) is 7.37. The standard InChI is InChI=1S/C19H22FN5O/c1-2-3-15(20)14-4-5-17-22-12-16(25(17)13-14)19-21-7-6-18(23-19)24-8-10-26-11-9-24/h4-7,12-13,15H,2-3,8-11H2,1H3. The molecule has 1 aliphatic heterocycles. The number of aromatic nitrogens is 4. The van der Waals surface area contributed by atoms with Crippen molar-refractivity contribution < 1.29 is 9.13 Å². The first-order valence-electron chi connectivity index (χ1n) is 9.03. The van der Waals surface area contributed by atoms with Crippen LogP contribution in [0.1, 0.15) is 31.5 Å². The summed E-state index contributed by atoms with van der Waals surface area (Å²) < 4.78 is 21.6. The van der Waals surface area contributed by atoms with Crippen LogP contribution < -0.4 is 4.90 Å². The Hall–Kier alpha value is -2.54. The van der Waals surface area contributed by atoms with E-state index < -0.39 is 6.17 Å². The Morgan fingerprint density at radius 1 is 1.19 bits per heavy atom. The molecule has 0 bridgehead atoms. The summed E-state index contributed by atoms with van der Waals surface area (Å²) in [6, 6.07) is 5.55. The van der Waals surface area contributed by atoms with Crippen molar-refractivity contribution >= 4 is 11.5 Å². The fraction of sp³-hybridized carbons (Fsp3) is 0.421. The number of rotatable bonds is 5. The van der Waals surface area contributed by atoms with Gasteiger partial charge in [0.2, 0.25) is 0 Å². The molecule has 0 radical (unpaired) electrons. The van der Waals surface area contributed by atoms with Crippen LogP contribution in [0.3, 0.4) is 0 Å². The summed E-state index contributed by atoms with van der Waals surface area (Å²) in [5.74, 6) is 1.46. The van der Waals surface area contributed by atoms with E-state index in [1.165, 1.54) is 0 Å². The molecular formula is C19H22FN5O. The summed E-state index contributed by atoms with van der Waals surface area (Å²) in [4.78, 5) is 15.7. The second-order valence-corrected chi connectivity index (χ2v) is 6.43. The van der Waals surface area contributed by atoms with E-state index in [-0.39, 0.29) is 0 Å². The molecule has 1 unspecified atom stereocenters. The molecule has 0 N–H and O–H groups in total. The van der Waals surface area contributed by atoms with E-state index in [0.717, 1.165) is 36.7 Å². The maximum Gasteiger partial charge on any atom is 0.180 e. The Balaban J connectivity index is 1.71. The fourth-order valence-corrected chi connectivity index (χ4v) is 3.21. The number of fused-ring (bicyclic) bond motifs is 1. The molecule has 136 valence electrons. The molecule has 1 fully saturated rings. The predicted octanol–water partition coefficient (Wildman–Crippen LogP) is 3.44. The van der Waals surface area contributed by atoms with Gasteiger partial charge in [-0.1, -0.05) is 19.4 Å². The first-order chi connectivity index (χ1) is 12.8. The summed E-state index contributed by atoms with van der Waals surface area (Å²) in [5, 5.41) is 0. The Morgan fingerprint density at radius 3 is 2.85 bits per heavy atom. The highest BCUT2D eigenvalue weighted by Crippen LogP contribution is 2.26. The summed E-state index contributed by atoms with van der Waals surface area (Å²) in [5.41, 5.74) is 2.18. The maximum absolute atomic E-state index is 14.3. The number of imidazole rings is 1. The van der Waals surface area contributed by atoms with Gasteiger partial charge in [0.1, 0.15) is 23.3 Å². The monoisotopic (exact) mass is 355 g/mol. The largest absolute Gasteiger partial charge is 0.378 e. The minimum atomic E-state index is -0.972. The van der Waals surface area contributed by atoms with Crippen LogP contribution in [0.5, 0.6) is 0 Å². The number of hydrogen-bond acceptors (Lipinski definition) is 5. The normalized spacial score (nSPS) is 16.2. The average Bonchev–Trinajstić information content (AvgIpc) is 3.12. The summed E-state index contributed by atoms with van der Waals surface area (Å²) in [6.45, 7) is 5.02. The van der Waals surface area contributed by atoms with Crippen LogP contribution in [-0.4, -0.2) is 45.7 Å². The number of ether oxygens (including phenoxy) is 1. The van der Waals surface area contributed by atoms with E-state index >= 15 is 0 Å². The van der Waals surface area contributed by atoms with Crippen molar-refractivity contribution in [2.75, 3.05) is 31.2 Å². The van der Waals surface area contributed by atoms with E-state index in [4.69, 9.17) is 9.72 Å². The van der Waals surface area contributed by atoms with E-state index in [0.29, 0.717) is 31.0 Å². The van der Waals surface area contributed by atoms with Crippen molar-refractivity contribution in [2.45, 2.75) is 25.9 Å². The molecule has 1 aliphatic rings. The van der Waals surface area contributed by atoms with Crippen molar-refractivity contribution in [3.63, 3.8) is 0 Å². The topological polar surface area (TPSA) is 55.5 Å². The average molecular weight is 355 g/mol. The van der Waals surface area contributed by atoms with Crippen LogP contribution in [0.2, 0.25) is 0 Å². The second-order valence-electron chi connectivity index (χ2n) is 6.43. The molecule has 26 heavy (non-hydrogen) atoms. The summed E-state index contributed by atoms with van der Waals surface area (Å²) in [7, 11) is 0. The van der Waals surface area contributed by atoms with Crippen LogP contribution >= 0.6 is 0 Å². The maximum atomic E-state index is 14.3. The fourth-order valence-electron chi connectivity index (χ4n) is 3.21. The Morgan fingerprint density at radius 2 is 2.04 bits per heavy atom. The molecule has 0 spiro atoms. The van der Waals surface area contributed by atoms with Crippen LogP contribution in [-0.2, 0) is 4.74 Å². The number of halogens is 1. The van der Waals surface area contributed by atoms with Crippen molar-refractivity contribution in [2.24, 2.45) is 0 Å². The number of anilines is 1. The van der Waals surface area contributed by atoms with Crippen molar-refractivity contribution in [3.8, 4) is 11.5 Å². The van der Waals surface area contributed by atoms with Gasteiger partial charge in [0, 0.05) is 31.0 Å². The Labute approximate surface area is 151 Å². The number of alkyl halides is 1. The number of pyridine rings is 1. The molecule has 6 nitrogen and oxygen atoms in total. The van der Waals surface area contributed by atoms with Crippen molar-refractivity contribution in [1.29, 1.82) is 0 Å². The highest BCUT2D eigenvalue weighted by atomic mass is 19.1. The molecule has 4 rings (SSSR count). The third-order valence-electron chi connectivity index (χ3n) is 4.64. The van der Waals surface area contributed by atoms with Gasteiger partial charge in [0.25, 0.3) is 0 Å². The van der Waals surface area contributed by atoms with Gasteiger partial charge in [-0.3, -0.25) is 4.40 Å². The quantitative estimate of drug-likeness (QED) is 0.702. The van der Waals surface area contributed by atoms with Crippen LogP contribution in [0, 0.1) is 0 Å². The summed E-state index contributed by atoms with van der Waals surface area (Å²) in [6.07, 6.45) is 5.65. The highest BCUT2D eigenvalue weighted by molar-refractivity contribution is 5.59. The van der Waals surface area contributed by atoms with Gasteiger partial charge in [0.15, 0.2) is 5.82 Å². The molecule has 3 aromatic rings. The smallest absolute Gasteiger partial charge is 0.180 e. The van der Waals surface area contributed by atoms with Crippen molar-refractivity contribution in [1.82, 2.24) is 19.4 Å². The minimum absolute atomic E-state index is 0.512. The van der Waals surface area contributed by atoms with Gasteiger partial charge in [-0.15, -0.1) is 0 Å². The lowest BCUT2D eigenvalue weighted by molar-refractivity contribution is 0.122. The predicted molar refractivity (Wildman–Crippen MR) is 98.0 cm³/mol.